The predicted octanol–water partition coefficient (Wildman–Crippen LogP) is 2.67. The number of ether oxygens (including phenoxy) is 2. The number of pyridine rings is 1. The Morgan fingerprint density at radius 1 is 1.12 bits per heavy atom. The summed E-state index contributed by atoms with van der Waals surface area (Å²) in [5.41, 5.74) is 1.04. The van der Waals surface area contributed by atoms with E-state index in [0.29, 0.717) is 12.5 Å². The number of rotatable bonds is 4. The molecule has 0 amide bonds. The van der Waals surface area contributed by atoms with Gasteiger partial charge in [0.2, 0.25) is 5.88 Å². The molecule has 1 aromatic heterocycles. The molecule has 0 bridgehead atoms. The number of nitrogens with zero attached hydrogens (tertiary/aromatic N) is 1. The highest BCUT2D eigenvalue weighted by Gasteiger charge is 1.98. The van der Waals surface area contributed by atoms with E-state index in [1.54, 1.807) is 13.3 Å². The lowest BCUT2D eigenvalue weighted by atomic mass is 10.3. The molecule has 0 atom stereocenters. The van der Waals surface area contributed by atoms with E-state index >= 15 is 0 Å². The normalized spacial score (nSPS) is 9.81. The molecule has 2 rings (SSSR count). The summed E-state index contributed by atoms with van der Waals surface area (Å²) >= 11 is 0. The van der Waals surface area contributed by atoms with Crippen molar-refractivity contribution in [2.24, 2.45) is 0 Å². The van der Waals surface area contributed by atoms with Crippen LogP contribution in [-0.2, 0) is 6.61 Å². The molecule has 1 aromatic carbocycles. The number of hydrogen-bond donors (Lipinski definition) is 0. The van der Waals surface area contributed by atoms with E-state index in [9.17, 15) is 0 Å². The van der Waals surface area contributed by atoms with Crippen molar-refractivity contribution in [2.75, 3.05) is 7.11 Å². The Hall–Kier alpha value is -2.03. The lowest BCUT2D eigenvalue weighted by Crippen LogP contribution is -1.96. The zero-order valence-electron chi connectivity index (χ0n) is 9.09. The van der Waals surface area contributed by atoms with Crippen LogP contribution in [0.5, 0.6) is 11.6 Å². The minimum atomic E-state index is 0.517. The second-order valence-electron chi connectivity index (χ2n) is 3.31. The molecule has 0 aliphatic carbocycles. The Labute approximate surface area is 94.7 Å². The largest absolute Gasteiger partial charge is 0.489 e. The summed E-state index contributed by atoms with van der Waals surface area (Å²) in [6, 6.07) is 13.5. The fourth-order valence-corrected chi connectivity index (χ4v) is 1.34. The Kier molecular flexibility index (Phi) is 3.38. The molecule has 0 fully saturated rings. The molecule has 3 nitrogen and oxygen atoms in total. The molecule has 0 radical (unpaired) electrons. The van der Waals surface area contributed by atoms with Gasteiger partial charge < -0.3 is 9.47 Å². The third-order valence-electron chi connectivity index (χ3n) is 2.16. The molecule has 0 aliphatic rings. The highest BCUT2D eigenvalue weighted by atomic mass is 16.5. The molecular weight excluding hydrogens is 202 g/mol. The lowest BCUT2D eigenvalue weighted by molar-refractivity contribution is 0.304. The maximum absolute atomic E-state index is 5.61. The summed E-state index contributed by atoms with van der Waals surface area (Å²) in [6.07, 6.45) is 1.71. The molecule has 0 spiro atoms. The molecule has 82 valence electrons. The molecule has 0 saturated carbocycles. The maximum Gasteiger partial charge on any atom is 0.213 e. The Morgan fingerprint density at radius 3 is 2.69 bits per heavy atom. The summed E-state index contributed by atoms with van der Waals surface area (Å²) in [4.78, 5) is 4.04. The molecule has 2 aromatic rings. The SMILES string of the molecule is COc1cc(COc2ccccc2)ccn1. The van der Waals surface area contributed by atoms with Crippen molar-refractivity contribution in [1.29, 1.82) is 0 Å². The highest BCUT2D eigenvalue weighted by Crippen LogP contribution is 2.13. The van der Waals surface area contributed by atoms with E-state index in [1.165, 1.54) is 0 Å². The van der Waals surface area contributed by atoms with Gasteiger partial charge in [0.25, 0.3) is 0 Å². The summed E-state index contributed by atoms with van der Waals surface area (Å²) in [5, 5.41) is 0. The summed E-state index contributed by atoms with van der Waals surface area (Å²) in [7, 11) is 1.60. The second kappa shape index (κ2) is 5.16. The zero-order valence-corrected chi connectivity index (χ0v) is 9.09. The topological polar surface area (TPSA) is 31.4 Å². The number of benzene rings is 1. The van der Waals surface area contributed by atoms with E-state index in [-0.39, 0.29) is 0 Å². The first kappa shape index (κ1) is 10.5. The lowest BCUT2D eigenvalue weighted by Gasteiger charge is -2.06. The standard InChI is InChI=1S/C13H13NO2/c1-15-13-9-11(7-8-14-13)10-16-12-5-3-2-4-6-12/h2-9H,10H2,1H3. The summed E-state index contributed by atoms with van der Waals surface area (Å²) in [6.45, 7) is 0.517. The minimum Gasteiger partial charge on any atom is -0.489 e. The van der Waals surface area contributed by atoms with Crippen LogP contribution in [0.4, 0.5) is 0 Å². The van der Waals surface area contributed by atoms with Crippen LogP contribution in [0, 0.1) is 0 Å². The molecule has 0 N–H and O–H groups in total. The van der Waals surface area contributed by atoms with Crippen molar-refractivity contribution in [3.05, 3.63) is 54.2 Å². The van der Waals surface area contributed by atoms with Crippen molar-refractivity contribution in [1.82, 2.24) is 4.98 Å². The summed E-state index contributed by atoms with van der Waals surface area (Å²) in [5.74, 6) is 1.47. The van der Waals surface area contributed by atoms with Crippen molar-refractivity contribution >= 4 is 0 Å². The van der Waals surface area contributed by atoms with Gasteiger partial charge in [0.15, 0.2) is 0 Å². The zero-order chi connectivity index (χ0) is 11.2. The third kappa shape index (κ3) is 2.73. The van der Waals surface area contributed by atoms with Crippen LogP contribution in [0.25, 0.3) is 0 Å². The van der Waals surface area contributed by atoms with Crippen LogP contribution in [0.3, 0.4) is 0 Å². The van der Waals surface area contributed by atoms with Crippen LogP contribution < -0.4 is 9.47 Å². The van der Waals surface area contributed by atoms with Gasteiger partial charge in [-0.1, -0.05) is 18.2 Å². The van der Waals surface area contributed by atoms with Gasteiger partial charge in [0, 0.05) is 12.3 Å². The van der Waals surface area contributed by atoms with Crippen molar-refractivity contribution in [3.8, 4) is 11.6 Å². The van der Waals surface area contributed by atoms with E-state index in [4.69, 9.17) is 9.47 Å². The summed E-state index contributed by atoms with van der Waals surface area (Å²) < 4.78 is 10.6. The number of aromatic nitrogens is 1. The fourth-order valence-electron chi connectivity index (χ4n) is 1.34. The molecule has 0 saturated heterocycles. The average molecular weight is 215 g/mol. The van der Waals surface area contributed by atoms with Gasteiger partial charge >= 0.3 is 0 Å². The number of methoxy groups -OCH3 is 1. The first-order chi connectivity index (χ1) is 7.88. The quantitative estimate of drug-likeness (QED) is 0.785. The van der Waals surface area contributed by atoms with Crippen LogP contribution in [0.2, 0.25) is 0 Å². The van der Waals surface area contributed by atoms with Crippen LogP contribution in [0.15, 0.2) is 48.7 Å². The Bertz CT molecular complexity index is 443. The molecule has 1 heterocycles. The minimum absolute atomic E-state index is 0.517. The second-order valence-corrected chi connectivity index (χ2v) is 3.31. The Morgan fingerprint density at radius 2 is 1.94 bits per heavy atom. The molecular formula is C13H13NO2. The van der Waals surface area contributed by atoms with Gasteiger partial charge in [0.1, 0.15) is 12.4 Å². The van der Waals surface area contributed by atoms with E-state index < -0.39 is 0 Å². The molecule has 16 heavy (non-hydrogen) atoms. The number of hydrogen-bond acceptors (Lipinski definition) is 3. The smallest absolute Gasteiger partial charge is 0.213 e. The van der Waals surface area contributed by atoms with E-state index in [0.717, 1.165) is 11.3 Å². The van der Waals surface area contributed by atoms with Gasteiger partial charge in [-0.05, 0) is 23.8 Å². The van der Waals surface area contributed by atoms with Crippen molar-refractivity contribution < 1.29 is 9.47 Å². The van der Waals surface area contributed by atoms with Crippen LogP contribution in [-0.4, -0.2) is 12.1 Å². The molecule has 3 heteroatoms. The highest BCUT2D eigenvalue weighted by molar-refractivity contribution is 5.23. The van der Waals surface area contributed by atoms with Gasteiger partial charge in [-0.25, -0.2) is 4.98 Å². The van der Waals surface area contributed by atoms with Gasteiger partial charge in [-0.15, -0.1) is 0 Å². The van der Waals surface area contributed by atoms with Crippen molar-refractivity contribution in [3.63, 3.8) is 0 Å². The first-order valence-electron chi connectivity index (χ1n) is 5.05. The van der Waals surface area contributed by atoms with Gasteiger partial charge in [-0.3, -0.25) is 0 Å². The molecule has 0 unspecified atom stereocenters. The predicted molar refractivity (Wildman–Crippen MR) is 61.6 cm³/mol. The van der Waals surface area contributed by atoms with Gasteiger partial charge in [0.05, 0.1) is 7.11 Å². The monoisotopic (exact) mass is 215 g/mol. The maximum atomic E-state index is 5.61. The number of para-hydroxylation sites is 1. The molecule has 0 aliphatic heterocycles. The van der Waals surface area contributed by atoms with E-state index in [1.807, 2.05) is 42.5 Å². The van der Waals surface area contributed by atoms with E-state index in [2.05, 4.69) is 4.98 Å². The average Bonchev–Trinajstić information content (AvgIpc) is 2.38. The van der Waals surface area contributed by atoms with Crippen LogP contribution in [0.1, 0.15) is 5.56 Å². The van der Waals surface area contributed by atoms with Gasteiger partial charge in [-0.2, -0.15) is 0 Å². The van der Waals surface area contributed by atoms with Crippen LogP contribution >= 0.6 is 0 Å². The fraction of sp³-hybridized carbons (Fsp3) is 0.154. The van der Waals surface area contributed by atoms with Crippen molar-refractivity contribution in [2.45, 2.75) is 6.61 Å². The first-order valence-corrected chi connectivity index (χ1v) is 5.05. The third-order valence-corrected chi connectivity index (χ3v) is 2.16. The Balaban J connectivity index is 1.99.